The van der Waals surface area contributed by atoms with Gasteiger partial charge in [-0.2, -0.15) is 4.68 Å². The molecule has 0 atom stereocenters. The number of anilines is 1. The maximum absolute atomic E-state index is 12.7. The second kappa shape index (κ2) is 8.85. The van der Waals surface area contributed by atoms with Crippen molar-refractivity contribution in [2.24, 2.45) is 0 Å². The van der Waals surface area contributed by atoms with Crippen molar-refractivity contribution in [2.45, 2.75) is 13.8 Å². The second-order valence-corrected chi connectivity index (χ2v) is 8.13. The van der Waals surface area contributed by atoms with E-state index in [-0.39, 0.29) is 12.5 Å². The zero-order chi connectivity index (χ0) is 22.8. The van der Waals surface area contributed by atoms with Gasteiger partial charge < -0.3 is 14.5 Å². The zero-order valence-corrected chi connectivity index (χ0v) is 18.7. The summed E-state index contributed by atoms with van der Waals surface area (Å²) in [5, 5.41) is 8.67. The van der Waals surface area contributed by atoms with Gasteiger partial charge in [0.05, 0.1) is 5.69 Å². The Balaban J connectivity index is 1.26. The maximum Gasteiger partial charge on any atom is 0.260 e. The van der Waals surface area contributed by atoms with Crippen LogP contribution in [-0.2, 0) is 4.79 Å². The molecule has 2 aromatic carbocycles. The summed E-state index contributed by atoms with van der Waals surface area (Å²) in [6.45, 7) is 6.53. The first-order chi connectivity index (χ1) is 16.1. The van der Waals surface area contributed by atoms with Gasteiger partial charge in [0.25, 0.3) is 5.91 Å². The number of carbonyl (C=O) groups excluding carboxylic acids is 1. The lowest BCUT2D eigenvalue weighted by Gasteiger charge is -2.35. The van der Waals surface area contributed by atoms with Crippen LogP contribution in [0, 0.1) is 13.8 Å². The van der Waals surface area contributed by atoms with E-state index in [1.165, 1.54) is 5.56 Å². The number of piperazine rings is 1. The first-order valence-electron chi connectivity index (χ1n) is 10.9. The van der Waals surface area contributed by atoms with Crippen LogP contribution in [0.2, 0.25) is 0 Å². The van der Waals surface area contributed by atoms with Crippen molar-refractivity contribution in [3.05, 3.63) is 66.0 Å². The third kappa shape index (κ3) is 4.21. The molecule has 1 aliphatic heterocycles. The Morgan fingerprint density at radius 2 is 1.73 bits per heavy atom. The van der Waals surface area contributed by atoms with E-state index >= 15 is 0 Å². The summed E-state index contributed by atoms with van der Waals surface area (Å²) >= 11 is 0. The van der Waals surface area contributed by atoms with Crippen LogP contribution in [0.25, 0.3) is 16.9 Å². The minimum Gasteiger partial charge on any atom is -0.484 e. The molecule has 168 valence electrons. The van der Waals surface area contributed by atoms with Crippen LogP contribution < -0.4 is 9.64 Å². The van der Waals surface area contributed by atoms with Crippen molar-refractivity contribution in [2.75, 3.05) is 37.7 Å². The van der Waals surface area contributed by atoms with Crippen molar-refractivity contribution in [3.8, 4) is 11.4 Å². The van der Waals surface area contributed by atoms with Crippen molar-refractivity contribution >= 4 is 22.9 Å². The summed E-state index contributed by atoms with van der Waals surface area (Å²) in [4.78, 5) is 25.5. The Morgan fingerprint density at radius 3 is 2.48 bits per heavy atom. The van der Waals surface area contributed by atoms with Gasteiger partial charge in [-0.25, -0.2) is 9.97 Å². The number of para-hydroxylation sites is 1. The molecule has 0 N–H and O–H groups in total. The Hall–Kier alpha value is -4.01. The van der Waals surface area contributed by atoms with E-state index < -0.39 is 0 Å². The van der Waals surface area contributed by atoms with Gasteiger partial charge in [0, 0.05) is 26.2 Å². The van der Waals surface area contributed by atoms with E-state index in [9.17, 15) is 4.79 Å². The molecule has 2 aromatic heterocycles. The predicted molar refractivity (Wildman–Crippen MR) is 125 cm³/mol. The number of aromatic nitrogens is 5. The molecule has 1 amide bonds. The highest BCUT2D eigenvalue weighted by Gasteiger charge is 2.25. The second-order valence-electron chi connectivity index (χ2n) is 8.13. The lowest BCUT2D eigenvalue weighted by molar-refractivity contribution is -0.133. The molecule has 0 unspecified atom stereocenters. The van der Waals surface area contributed by atoms with Crippen molar-refractivity contribution in [1.82, 2.24) is 29.9 Å². The quantitative estimate of drug-likeness (QED) is 0.468. The molecule has 1 saturated heterocycles. The fourth-order valence-electron chi connectivity index (χ4n) is 3.94. The molecule has 1 fully saturated rings. The van der Waals surface area contributed by atoms with E-state index in [2.05, 4.69) is 25.2 Å². The summed E-state index contributed by atoms with van der Waals surface area (Å²) in [5.41, 5.74) is 4.41. The molecular formula is C24H25N7O2. The summed E-state index contributed by atoms with van der Waals surface area (Å²) in [7, 11) is 0. The van der Waals surface area contributed by atoms with Gasteiger partial charge in [0.2, 0.25) is 0 Å². The molecule has 0 radical (unpaired) electrons. The van der Waals surface area contributed by atoms with Crippen molar-refractivity contribution < 1.29 is 9.53 Å². The van der Waals surface area contributed by atoms with Gasteiger partial charge in [0.15, 0.2) is 23.6 Å². The van der Waals surface area contributed by atoms with E-state index in [0.717, 1.165) is 22.8 Å². The highest BCUT2D eigenvalue weighted by molar-refractivity contribution is 5.84. The van der Waals surface area contributed by atoms with Gasteiger partial charge in [-0.1, -0.05) is 41.1 Å². The molecule has 9 heteroatoms. The third-order valence-electron chi connectivity index (χ3n) is 5.87. The van der Waals surface area contributed by atoms with Crippen LogP contribution in [0.1, 0.15) is 11.1 Å². The molecule has 3 heterocycles. The maximum atomic E-state index is 12.7. The number of rotatable bonds is 5. The number of hydrogen-bond acceptors (Lipinski definition) is 7. The number of aryl methyl sites for hydroxylation is 2. The number of nitrogens with zero attached hydrogens (tertiary/aromatic N) is 7. The number of benzene rings is 2. The standard InChI is InChI=1S/C24H25N7O2/c1-17-7-9-19(10-8-17)31-24-22(27-28-31)23(25-16-26-24)30-13-11-29(12-14-30)21(32)15-33-20-6-4-3-5-18(20)2/h3-10,16H,11-15H2,1-2H3. The monoisotopic (exact) mass is 443 g/mol. The molecular weight excluding hydrogens is 418 g/mol. The molecule has 0 saturated carbocycles. The Morgan fingerprint density at radius 1 is 0.970 bits per heavy atom. The van der Waals surface area contributed by atoms with Crippen LogP contribution in [0.3, 0.4) is 0 Å². The first-order valence-corrected chi connectivity index (χ1v) is 10.9. The third-order valence-corrected chi connectivity index (χ3v) is 5.87. The largest absolute Gasteiger partial charge is 0.484 e. The summed E-state index contributed by atoms with van der Waals surface area (Å²) in [6, 6.07) is 15.8. The SMILES string of the molecule is Cc1ccc(-n2nnc3c(N4CCN(C(=O)COc5ccccc5C)CC4)ncnc32)cc1. The van der Waals surface area contributed by atoms with E-state index in [0.29, 0.717) is 37.3 Å². The minimum absolute atomic E-state index is 0.0175. The highest BCUT2D eigenvalue weighted by Crippen LogP contribution is 2.24. The van der Waals surface area contributed by atoms with E-state index in [1.54, 1.807) is 11.0 Å². The molecule has 33 heavy (non-hydrogen) atoms. The topological polar surface area (TPSA) is 89.3 Å². The lowest BCUT2D eigenvalue weighted by Crippen LogP contribution is -2.50. The predicted octanol–water partition coefficient (Wildman–Crippen LogP) is 2.55. The van der Waals surface area contributed by atoms with Crippen LogP contribution in [-0.4, -0.2) is 68.6 Å². The Labute approximate surface area is 191 Å². The molecule has 0 bridgehead atoms. The molecule has 4 aromatic rings. The average molecular weight is 444 g/mol. The van der Waals surface area contributed by atoms with Gasteiger partial charge in [-0.05, 0) is 37.6 Å². The van der Waals surface area contributed by atoms with Gasteiger partial charge >= 0.3 is 0 Å². The van der Waals surface area contributed by atoms with E-state index in [4.69, 9.17) is 4.74 Å². The van der Waals surface area contributed by atoms with Crippen LogP contribution in [0.4, 0.5) is 5.82 Å². The fourth-order valence-corrected chi connectivity index (χ4v) is 3.94. The Kier molecular flexibility index (Phi) is 5.60. The number of fused-ring (bicyclic) bond motifs is 1. The molecule has 9 nitrogen and oxygen atoms in total. The van der Waals surface area contributed by atoms with Gasteiger partial charge in [-0.3, -0.25) is 4.79 Å². The fraction of sp³-hybridized carbons (Fsp3) is 0.292. The highest BCUT2D eigenvalue weighted by atomic mass is 16.5. The summed E-state index contributed by atoms with van der Waals surface area (Å²) < 4.78 is 7.45. The number of ether oxygens (including phenoxy) is 1. The lowest BCUT2D eigenvalue weighted by atomic mass is 10.2. The average Bonchev–Trinajstić information content (AvgIpc) is 3.28. The Bertz CT molecular complexity index is 1280. The molecule has 1 aliphatic rings. The first kappa shape index (κ1) is 20.9. The summed E-state index contributed by atoms with van der Waals surface area (Å²) in [6.07, 6.45) is 1.54. The smallest absolute Gasteiger partial charge is 0.260 e. The number of amides is 1. The molecule has 5 rings (SSSR count). The summed E-state index contributed by atoms with van der Waals surface area (Å²) in [5.74, 6) is 1.46. The zero-order valence-electron chi connectivity index (χ0n) is 18.7. The van der Waals surface area contributed by atoms with Gasteiger partial charge in [0.1, 0.15) is 12.1 Å². The van der Waals surface area contributed by atoms with Crippen molar-refractivity contribution in [3.63, 3.8) is 0 Å². The van der Waals surface area contributed by atoms with Crippen LogP contribution in [0.5, 0.6) is 5.75 Å². The minimum atomic E-state index is -0.0175. The van der Waals surface area contributed by atoms with Crippen molar-refractivity contribution in [1.29, 1.82) is 0 Å². The van der Waals surface area contributed by atoms with E-state index in [1.807, 2.05) is 67.3 Å². The number of hydrogen-bond donors (Lipinski definition) is 0. The van der Waals surface area contributed by atoms with Gasteiger partial charge in [-0.15, -0.1) is 5.10 Å². The normalized spacial score (nSPS) is 14.0. The van der Waals surface area contributed by atoms with Crippen LogP contribution in [0.15, 0.2) is 54.9 Å². The number of carbonyl (C=O) groups is 1. The molecule has 0 aliphatic carbocycles. The molecule has 0 spiro atoms. The van der Waals surface area contributed by atoms with Crippen LogP contribution >= 0.6 is 0 Å².